The first-order valence-electron chi connectivity index (χ1n) is 9.34. The van der Waals surface area contributed by atoms with Crippen LogP contribution in [0.25, 0.3) is 0 Å². The van der Waals surface area contributed by atoms with Crippen LogP contribution in [-0.2, 0) is 0 Å². The Morgan fingerprint density at radius 1 is 1.37 bits per heavy atom. The van der Waals surface area contributed by atoms with Crippen molar-refractivity contribution in [1.82, 2.24) is 15.2 Å². The summed E-state index contributed by atoms with van der Waals surface area (Å²) in [6, 6.07) is 6.10. The molecule has 3 rings (SSSR count). The van der Waals surface area contributed by atoms with E-state index in [0.717, 1.165) is 43.2 Å². The molecule has 1 saturated heterocycles. The van der Waals surface area contributed by atoms with Gasteiger partial charge in [0.15, 0.2) is 0 Å². The number of carbonyl (C=O) groups excluding carboxylic acids is 1. The zero-order valence-electron chi connectivity index (χ0n) is 15.8. The number of amides is 1. The highest BCUT2D eigenvalue weighted by molar-refractivity contribution is 7.13. The van der Waals surface area contributed by atoms with E-state index >= 15 is 0 Å². The summed E-state index contributed by atoms with van der Waals surface area (Å²) in [6.45, 7) is 7.88. The first-order valence-corrected chi connectivity index (χ1v) is 10.2. The van der Waals surface area contributed by atoms with E-state index in [-0.39, 0.29) is 11.7 Å². The van der Waals surface area contributed by atoms with E-state index in [1.54, 1.807) is 12.1 Å². The maximum Gasteiger partial charge on any atom is 0.263 e. The Hall–Kier alpha value is -1.99. The maximum atomic E-state index is 12.9. The molecule has 0 radical (unpaired) electrons. The first-order chi connectivity index (χ1) is 13.0. The Bertz CT molecular complexity index is 763. The van der Waals surface area contributed by atoms with Crippen molar-refractivity contribution >= 4 is 17.2 Å². The highest BCUT2D eigenvalue weighted by atomic mass is 32.1. The molecule has 0 bridgehead atoms. The zero-order chi connectivity index (χ0) is 19.2. The number of nitrogens with zero attached hydrogens (tertiary/aromatic N) is 2. The number of hydrogen-bond donors (Lipinski definition) is 1. The van der Waals surface area contributed by atoms with Gasteiger partial charge in [0.05, 0.1) is 10.7 Å². The van der Waals surface area contributed by atoms with Crippen molar-refractivity contribution in [3.8, 4) is 5.75 Å². The molecule has 27 heavy (non-hydrogen) atoms. The van der Waals surface area contributed by atoms with Gasteiger partial charge >= 0.3 is 0 Å². The summed E-state index contributed by atoms with van der Waals surface area (Å²) in [5, 5.41) is 3.99. The number of thiazole rings is 1. The lowest BCUT2D eigenvalue weighted by atomic mass is 9.98. The molecule has 0 spiro atoms. The van der Waals surface area contributed by atoms with Gasteiger partial charge in [-0.15, -0.1) is 11.3 Å². The third-order valence-corrected chi connectivity index (χ3v) is 5.83. The number of carbonyl (C=O) groups is 1. The predicted octanol–water partition coefficient (Wildman–Crippen LogP) is 3.42. The molecule has 1 amide bonds. The number of halogens is 1. The minimum absolute atomic E-state index is 0.0186. The Labute approximate surface area is 163 Å². The fourth-order valence-corrected chi connectivity index (χ4v) is 4.24. The fraction of sp³-hybridized carbons (Fsp3) is 0.500. The smallest absolute Gasteiger partial charge is 0.263 e. The van der Waals surface area contributed by atoms with Crippen LogP contribution in [0.5, 0.6) is 5.75 Å². The summed E-state index contributed by atoms with van der Waals surface area (Å²) in [6.07, 6.45) is 2.24. The molecular formula is C20H26FN3O2S. The molecule has 1 unspecified atom stereocenters. The lowest BCUT2D eigenvalue weighted by molar-refractivity contribution is 0.0930. The number of rotatable bonds is 7. The van der Waals surface area contributed by atoms with Crippen LogP contribution in [0.2, 0.25) is 0 Å². The van der Waals surface area contributed by atoms with Crippen LogP contribution in [0.15, 0.2) is 24.3 Å². The van der Waals surface area contributed by atoms with E-state index in [0.29, 0.717) is 29.7 Å². The summed E-state index contributed by atoms with van der Waals surface area (Å²) in [7, 11) is 0. The molecule has 2 aromatic rings. The minimum atomic E-state index is -0.257. The molecule has 1 aliphatic rings. The van der Waals surface area contributed by atoms with Gasteiger partial charge < -0.3 is 10.1 Å². The van der Waals surface area contributed by atoms with Gasteiger partial charge in [0.2, 0.25) is 0 Å². The Morgan fingerprint density at radius 3 is 2.85 bits per heavy atom. The van der Waals surface area contributed by atoms with Gasteiger partial charge in [-0.1, -0.05) is 0 Å². The van der Waals surface area contributed by atoms with Crippen molar-refractivity contribution < 1.29 is 13.9 Å². The Kier molecular flexibility index (Phi) is 6.79. The second kappa shape index (κ2) is 9.28. The molecule has 1 fully saturated rings. The van der Waals surface area contributed by atoms with Gasteiger partial charge in [0.1, 0.15) is 23.1 Å². The highest BCUT2D eigenvalue weighted by Gasteiger charge is 2.21. The van der Waals surface area contributed by atoms with Crippen molar-refractivity contribution in [2.24, 2.45) is 5.92 Å². The molecule has 7 heteroatoms. The number of benzene rings is 1. The third kappa shape index (κ3) is 5.74. The second-order valence-electron chi connectivity index (χ2n) is 6.97. The maximum absolute atomic E-state index is 12.9. The quantitative estimate of drug-likeness (QED) is 0.786. The van der Waals surface area contributed by atoms with Crippen molar-refractivity contribution in [3.63, 3.8) is 0 Å². The van der Waals surface area contributed by atoms with Crippen LogP contribution in [0, 0.1) is 25.6 Å². The van der Waals surface area contributed by atoms with Gasteiger partial charge in [-0.05, 0) is 63.4 Å². The van der Waals surface area contributed by atoms with Crippen LogP contribution in [0.1, 0.15) is 33.2 Å². The highest BCUT2D eigenvalue weighted by Crippen LogP contribution is 2.19. The van der Waals surface area contributed by atoms with Crippen LogP contribution in [0.4, 0.5) is 4.39 Å². The van der Waals surface area contributed by atoms with Gasteiger partial charge in [-0.25, -0.2) is 9.37 Å². The molecule has 0 saturated carbocycles. The number of piperidine rings is 1. The fourth-order valence-electron chi connectivity index (χ4n) is 3.40. The molecule has 1 atom stereocenters. The van der Waals surface area contributed by atoms with Crippen LogP contribution in [-0.4, -0.2) is 48.6 Å². The van der Waals surface area contributed by atoms with Gasteiger partial charge in [-0.2, -0.15) is 0 Å². The standard InChI is InChI=1S/C20H26FN3O2S/c1-14-19(27-15(2)23-14)20(25)22-12-16-4-3-9-24(13-16)10-11-26-18-7-5-17(21)6-8-18/h5-8,16H,3-4,9-13H2,1-2H3,(H,22,25). The van der Waals surface area contributed by atoms with Gasteiger partial charge in [-0.3, -0.25) is 9.69 Å². The molecule has 5 nitrogen and oxygen atoms in total. The van der Waals surface area contributed by atoms with Crippen molar-refractivity contribution in [3.05, 3.63) is 45.7 Å². The van der Waals surface area contributed by atoms with E-state index < -0.39 is 0 Å². The number of nitrogens with one attached hydrogen (secondary N) is 1. The SMILES string of the molecule is Cc1nc(C)c(C(=O)NCC2CCCN(CCOc3ccc(F)cc3)C2)s1. The largest absolute Gasteiger partial charge is 0.492 e. The van der Waals surface area contributed by atoms with E-state index in [2.05, 4.69) is 15.2 Å². The van der Waals surface area contributed by atoms with Crippen LogP contribution in [0.3, 0.4) is 0 Å². The number of aromatic nitrogens is 1. The molecule has 146 valence electrons. The average molecular weight is 392 g/mol. The number of hydrogen-bond acceptors (Lipinski definition) is 5. The minimum Gasteiger partial charge on any atom is -0.492 e. The molecule has 1 aromatic carbocycles. The normalized spacial score (nSPS) is 17.7. The average Bonchev–Trinajstić information content (AvgIpc) is 3.00. The summed E-state index contributed by atoms with van der Waals surface area (Å²) >= 11 is 1.45. The van der Waals surface area contributed by atoms with E-state index in [4.69, 9.17) is 4.74 Å². The van der Waals surface area contributed by atoms with Gasteiger partial charge in [0, 0.05) is 19.6 Å². The van der Waals surface area contributed by atoms with Crippen molar-refractivity contribution in [1.29, 1.82) is 0 Å². The Morgan fingerprint density at radius 2 is 2.15 bits per heavy atom. The molecule has 1 aromatic heterocycles. The predicted molar refractivity (Wildman–Crippen MR) is 105 cm³/mol. The summed E-state index contributed by atoms with van der Waals surface area (Å²) in [5.74, 6) is 0.858. The van der Waals surface area contributed by atoms with Gasteiger partial charge in [0.25, 0.3) is 5.91 Å². The second-order valence-corrected chi connectivity index (χ2v) is 8.17. The number of likely N-dealkylation sites (tertiary alicyclic amines) is 1. The zero-order valence-corrected chi connectivity index (χ0v) is 16.7. The van der Waals surface area contributed by atoms with Crippen molar-refractivity contribution in [2.45, 2.75) is 26.7 Å². The summed E-state index contributed by atoms with van der Waals surface area (Å²) in [4.78, 5) is 19.8. The lowest BCUT2D eigenvalue weighted by Gasteiger charge is -2.32. The van der Waals surface area contributed by atoms with E-state index in [9.17, 15) is 9.18 Å². The lowest BCUT2D eigenvalue weighted by Crippen LogP contribution is -2.42. The van der Waals surface area contributed by atoms with Crippen LogP contribution >= 0.6 is 11.3 Å². The summed E-state index contributed by atoms with van der Waals surface area (Å²) < 4.78 is 18.6. The monoisotopic (exact) mass is 391 g/mol. The van der Waals surface area contributed by atoms with E-state index in [1.807, 2.05) is 13.8 Å². The Balaban J connectivity index is 1.40. The number of ether oxygens (including phenoxy) is 1. The molecule has 2 heterocycles. The number of aryl methyl sites for hydroxylation is 2. The van der Waals surface area contributed by atoms with Crippen molar-refractivity contribution in [2.75, 3.05) is 32.8 Å². The molecular weight excluding hydrogens is 365 g/mol. The van der Waals surface area contributed by atoms with E-state index in [1.165, 1.54) is 23.5 Å². The first kappa shape index (κ1) is 19.8. The molecule has 1 aliphatic heterocycles. The molecule has 1 N–H and O–H groups in total. The third-order valence-electron chi connectivity index (χ3n) is 4.75. The topological polar surface area (TPSA) is 54.5 Å². The van der Waals surface area contributed by atoms with Crippen LogP contribution < -0.4 is 10.1 Å². The summed E-state index contributed by atoms with van der Waals surface area (Å²) in [5.41, 5.74) is 0.804. The molecule has 0 aliphatic carbocycles.